The van der Waals surface area contributed by atoms with Crippen LogP contribution in [0.1, 0.15) is 12.6 Å². The molecule has 8 nitrogen and oxygen atoms in total. The summed E-state index contributed by atoms with van der Waals surface area (Å²) < 4.78 is 23.9. The number of aliphatic hydroxyl groups is 1. The van der Waals surface area contributed by atoms with Gasteiger partial charge in [0.05, 0.1) is 18.2 Å². The summed E-state index contributed by atoms with van der Waals surface area (Å²) in [6.45, 7) is -0.0507. The molecule has 1 fully saturated rings. The minimum atomic E-state index is -1.31. The van der Waals surface area contributed by atoms with Gasteiger partial charge in [0.25, 0.3) is 5.56 Å². The summed E-state index contributed by atoms with van der Waals surface area (Å²) in [5, 5.41) is 9.77. The van der Waals surface area contributed by atoms with E-state index < -0.39 is 41.5 Å². The zero-order valence-corrected chi connectivity index (χ0v) is 11.4. The van der Waals surface area contributed by atoms with Crippen molar-refractivity contribution in [2.75, 3.05) is 12.5 Å². The molecule has 0 aliphatic carbocycles. The molecule has 1 aromatic rings. The molecular weight excluding hydrogens is 311 g/mol. The minimum absolute atomic E-state index is 0.0507. The van der Waals surface area contributed by atoms with Crippen molar-refractivity contribution in [3.05, 3.63) is 32.9 Å². The third-order valence-corrected chi connectivity index (χ3v) is 3.04. The normalized spacial score (nSPS) is 25.0. The second-order valence-electron chi connectivity index (χ2n) is 4.31. The molecule has 3 atom stereocenters. The van der Waals surface area contributed by atoms with Crippen molar-refractivity contribution in [3.8, 4) is 0 Å². The Kier molecular flexibility index (Phi) is 4.76. The quantitative estimate of drug-likeness (QED) is 0.549. The zero-order valence-electron chi connectivity index (χ0n) is 10.6. The Morgan fingerprint density at radius 3 is 3.00 bits per heavy atom. The number of halogens is 2. The average Bonchev–Trinajstić information content (AvgIpc) is 2.82. The van der Waals surface area contributed by atoms with Crippen LogP contribution in [0.3, 0.4) is 0 Å². The van der Waals surface area contributed by atoms with E-state index in [2.05, 4.69) is 0 Å². The molecule has 1 aliphatic heterocycles. The first-order valence-corrected chi connectivity index (χ1v) is 6.54. The zero-order chi connectivity index (χ0) is 15.6. The van der Waals surface area contributed by atoms with Crippen LogP contribution in [0.25, 0.3) is 0 Å². The lowest BCUT2D eigenvalue weighted by Crippen LogP contribution is -2.35. The lowest BCUT2D eigenvalue weighted by Gasteiger charge is -2.14. The lowest BCUT2D eigenvalue weighted by atomic mass is 10.2. The van der Waals surface area contributed by atoms with Crippen molar-refractivity contribution in [1.82, 2.24) is 9.55 Å². The van der Waals surface area contributed by atoms with E-state index in [0.717, 1.165) is 4.57 Å². The maximum absolute atomic E-state index is 13.2. The van der Waals surface area contributed by atoms with Crippen molar-refractivity contribution in [2.45, 2.75) is 24.9 Å². The molecule has 21 heavy (non-hydrogen) atoms. The molecular formula is C11H12ClFN2O6. The Hall–Kier alpha value is -1.71. The van der Waals surface area contributed by atoms with Gasteiger partial charge in [-0.2, -0.15) is 4.39 Å². The number of nitrogens with one attached hydrogen (secondary N) is 1. The number of aliphatic hydroxyl groups excluding tert-OH is 1. The van der Waals surface area contributed by atoms with Crippen molar-refractivity contribution in [1.29, 1.82) is 0 Å². The summed E-state index contributed by atoms with van der Waals surface area (Å²) in [5.74, 6) is -1.92. The average molecular weight is 323 g/mol. The molecule has 0 unspecified atom stereocenters. The fourth-order valence-electron chi connectivity index (χ4n) is 1.93. The summed E-state index contributed by atoms with van der Waals surface area (Å²) in [7, 11) is 0. The molecule has 1 saturated heterocycles. The first-order valence-electron chi connectivity index (χ1n) is 6.01. The molecule has 0 saturated carbocycles. The smallest absolute Gasteiger partial charge is 0.338 e. The number of ether oxygens (including phenoxy) is 2. The van der Waals surface area contributed by atoms with E-state index in [-0.39, 0.29) is 18.9 Å². The van der Waals surface area contributed by atoms with Crippen LogP contribution in [-0.2, 0) is 14.3 Å². The number of rotatable bonds is 4. The summed E-state index contributed by atoms with van der Waals surface area (Å²) in [6.07, 6.45) is -3.09. The molecule has 0 bridgehead atoms. The summed E-state index contributed by atoms with van der Waals surface area (Å²) in [5.41, 5.74) is -2.07. The molecule has 0 spiro atoms. The first kappa shape index (κ1) is 15.7. The highest BCUT2D eigenvalue weighted by Crippen LogP contribution is 2.28. The van der Waals surface area contributed by atoms with Crippen LogP contribution in [0.5, 0.6) is 0 Å². The van der Waals surface area contributed by atoms with E-state index >= 15 is 0 Å². The lowest BCUT2D eigenvalue weighted by molar-refractivity contribution is -0.161. The molecule has 1 aromatic heterocycles. The van der Waals surface area contributed by atoms with Crippen LogP contribution in [0, 0.1) is 5.82 Å². The number of carbonyl (C=O) groups is 1. The number of carbonyl (C=O) groups excluding carboxylic acids is 1. The van der Waals surface area contributed by atoms with Gasteiger partial charge in [0.1, 0.15) is 12.8 Å². The van der Waals surface area contributed by atoms with Crippen LogP contribution in [0.2, 0.25) is 0 Å². The Morgan fingerprint density at radius 1 is 1.62 bits per heavy atom. The van der Waals surface area contributed by atoms with Gasteiger partial charge in [-0.1, -0.05) is 0 Å². The Balaban J connectivity index is 2.18. The van der Waals surface area contributed by atoms with Crippen molar-refractivity contribution in [2.24, 2.45) is 0 Å². The topological polar surface area (TPSA) is 111 Å². The number of hydrogen-bond donors (Lipinski definition) is 2. The Bertz CT molecular complexity index is 644. The van der Waals surface area contributed by atoms with Gasteiger partial charge in [-0.3, -0.25) is 14.3 Å². The van der Waals surface area contributed by atoms with Crippen molar-refractivity contribution >= 4 is 17.6 Å². The van der Waals surface area contributed by atoms with E-state index in [0.29, 0.717) is 6.20 Å². The SMILES string of the molecule is O=C(OCCCl)[C@@H]1O[C@@H](n2cc(F)c(=O)[nH]c2=O)C[C@@H]1O. The maximum atomic E-state index is 13.2. The van der Waals surface area contributed by atoms with Gasteiger partial charge >= 0.3 is 11.7 Å². The molecule has 1 aliphatic rings. The molecule has 0 amide bonds. The summed E-state index contributed by atoms with van der Waals surface area (Å²) >= 11 is 5.36. The molecule has 10 heteroatoms. The molecule has 116 valence electrons. The molecule has 0 radical (unpaired) electrons. The van der Waals surface area contributed by atoms with Gasteiger partial charge in [0, 0.05) is 6.42 Å². The highest BCUT2D eigenvalue weighted by molar-refractivity contribution is 6.18. The summed E-state index contributed by atoms with van der Waals surface area (Å²) in [4.78, 5) is 35.9. The monoisotopic (exact) mass is 322 g/mol. The predicted molar refractivity (Wildman–Crippen MR) is 67.5 cm³/mol. The standard InChI is InChI=1S/C11H12ClFN2O6/c12-1-2-20-10(18)8-6(16)3-7(21-8)15-4-5(13)9(17)14-11(15)19/h4,6-8,16H,1-3H2,(H,14,17,19)/t6-,7+,8+/m0/s1. The van der Waals surface area contributed by atoms with Crippen LogP contribution >= 0.6 is 11.6 Å². The fourth-order valence-corrected chi connectivity index (χ4v) is 2.01. The fraction of sp³-hybridized carbons (Fsp3) is 0.545. The number of alkyl halides is 1. The van der Waals surface area contributed by atoms with Gasteiger partial charge in [-0.05, 0) is 0 Å². The predicted octanol–water partition coefficient (Wildman–Crippen LogP) is -0.894. The van der Waals surface area contributed by atoms with Gasteiger partial charge in [-0.25, -0.2) is 9.59 Å². The Morgan fingerprint density at radius 2 is 2.33 bits per heavy atom. The van der Waals surface area contributed by atoms with E-state index in [1.165, 1.54) is 0 Å². The largest absolute Gasteiger partial charge is 0.462 e. The van der Waals surface area contributed by atoms with Crippen molar-refractivity contribution < 1.29 is 23.8 Å². The van der Waals surface area contributed by atoms with Gasteiger partial charge in [-0.15, -0.1) is 11.6 Å². The van der Waals surface area contributed by atoms with E-state index in [1.54, 1.807) is 4.98 Å². The molecule has 0 aromatic carbocycles. The number of aromatic nitrogens is 2. The number of esters is 1. The molecule has 2 heterocycles. The van der Waals surface area contributed by atoms with E-state index in [1.807, 2.05) is 0 Å². The van der Waals surface area contributed by atoms with Crippen LogP contribution in [0.4, 0.5) is 4.39 Å². The highest BCUT2D eigenvalue weighted by Gasteiger charge is 2.41. The van der Waals surface area contributed by atoms with E-state index in [4.69, 9.17) is 21.1 Å². The third-order valence-electron chi connectivity index (χ3n) is 2.88. The first-order chi connectivity index (χ1) is 9.93. The highest BCUT2D eigenvalue weighted by atomic mass is 35.5. The number of hydrogen-bond acceptors (Lipinski definition) is 6. The summed E-state index contributed by atoms with van der Waals surface area (Å²) in [6, 6.07) is 0. The number of nitrogens with zero attached hydrogens (tertiary/aromatic N) is 1. The molecule has 2 N–H and O–H groups in total. The minimum Gasteiger partial charge on any atom is -0.462 e. The molecule has 2 rings (SSSR count). The van der Waals surface area contributed by atoms with Crippen molar-refractivity contribution in [3.63, 3.8) is 0 Å². The number of H-pyrrole nitrogens is 1. The van der Waals surface area contributed by atoms with Gasteiger partial charge in [0.2, 0.25) is 5.82 Å². The van der Waals surface area contributed by atoms with Crippen LogP contribution in [-0.4, -0.2) is 45.3 Å². The Labute approximate surface area is 122 Å². The third kappa shape index (κ3) is 3.31. The van der Waals surface area contributed by atoms with Crippen LogP contribution < -0.4 is 11.2 Å². The van der Waals surface area contributed by atoms with Gasteiger partial charge in [0.15, 0.2) is 6.10 Å². The maximum Gasteiger partial charge on any atom is 0.338 e. The second kappa shape index (κ2) is 6.37. The van der Waals surface area contributed by atoms with E-state index in [9.17, 15) is 23.9 Å². The van der Waals surface area contributed by atoms with Gasteiger partial charge < -0.3 is 14.6 Å². The number of aromatic amines is 1. The van der Waals surface area contributed by atoms with Crippen LogP contribution in [0.15, 0.2) is 15.8 Å². The second-order valence-corrected chi connectivity index (χ2v) is 4.69.